The quantitative estimate of drug-likeness (QED) is 0.674. The van der Waals surface area contributed by atoms with E-state index in [-0.39, 0.29) is 5.91 Å². The van der Waals surface area contributed by atoms with Crippen LogP contribution in [0.25, 0.3) is 0 Å². The molecule has 0 unspecified atom stereocenters. The number of carbonyl (C=O) groups excluding carboxylic acids is 1. The Labute approximate surface area is 117 Å². The van der Waals surface area contributed by atoms with Gasteiger partial charge in [-0.1, -0.05) is 30.3 Å². The van der Waals surface area contributed by atoms with Crippen LogP contribution in [0.1, 0.15) is 22.2 Å². The molecule has 1 amide bonds. The summed E-state index contributed by atoms with van der Waals surface area (Å²) in [4.78, 5) is 14.1. The van der Waals surface area contributed by atoms with Gasteiger partial charge in [-0.2, -0.15) is 5.10 Å². The fourth-order valence-corrected chi connectivity index (χ4v) is 2.46. The second kappa shape index (κ2) is 6.29. The van der Waals surface area contributed by atoms with Crippen LogP contribution in [0.15, 0.2) is 47.6 Å². The molecule has 98 valence electrons. The maximum Gasteiger partial charge on any atom is 0.244 e. The number of nitrogens with one attached hydrogen (secondary N) is 1. The van der Waals surface area contributed by atoms with Gasteiger partial charge in [-0.3, -0.25) is 4.79 Å². The van der Waals surface area contributed by atoms with Crippen LogP contribution in [0.5, 0.6) is 0 Å². The minimum Gasteiger partial charge on any atom is -0.273 e. The van der Waals surface area contributed by atoms with Gasteiger partial charge in [-0.25, -0.2) is 5.43 Å². The van der Waals surface area contributed by atoms with Gasteiger partial charge in [0.1, 0.15) is 0 Å². The molecule has 0 saturated heterocycles. The first-order valence-electron chi connectivity index (χ1n) is 6.09. The zero-order valence-electron chi connectivity index (χ0n) is 11.0. The van der Waals surface area contributed by atoms with Crippen LogP contribution in [-0.4, -0.2) is 11.6 Å². The van der Waals surface area contributed by atoms with Crippen molar-refractivity contribution < 1.29 is 4.79 Å². The summed E-state index contributed by atoms with van der Waals surface area (Å²) in [5.74, 6) is -0.0983. The molecule has 0 bridgehead atoms. The normalized spacial score (nSPS) is 11.4. The molecule has 0 aliphatic carbocycles. The number of hydrogen-bond acceptors (Lipinski definition) is 3. The van der Waals surface area contributed by atoms with Crippen molar-refractivity contribution in [2.24, 2.45) is 5.10 Å². The highest BCUT2D eigenvalue weighted by Crippen LogP contribution is 2.15. The first-order chi connectivity index (χ1) is 9.15. The van der Waals surface area contributed by atoms with Gasteiger partial charge >= 0.3 is 0 Å². The summed E-state index contributed by atoms with van der Waals surface area (Å²) in [5.41, 5.74) is 4.41. The zero-order valence-corrected chi connectivity index (χ0v) is 11.8. The van der Waals surface area contributed by atoms with Crippen molar-refractivity contribution in [2.45, 2.75) is 20.3 Å². The monoisotopic (exact) mass is 272 g/mol. The highest BCUT2D eigenvalue weighted by molar-refractivity contribution is 7.14. The highest BCUT2D eigenvalue weighted by atomic mass is 32.1. The van der Waals surface area contributed by atoms with Crippen LogP contribution in [0.4, 0.5) is 0 Å². The molecule has 0 radical (unpaired) electrons. The second-order valence-corrected chi connectivity index (χ2v) is 5.59. The molecule has 1 heterocycles. The number of amides is 1. The predicted octanol–water partition coefficient (Wildman–Crippen LogP) is 3.14. The number of aryl methyl sites for hydroxylation is 1. The average Bonchev–Trinajstić information content (AvgIpc) is 2.84. The number of hydrogen-bond donors (Lipinski definition) is 1. The van der Waals surface area contributed by atoms with E-state index in [1.165, 1.54) is 4.88 Å². The van der Waals surface area contributed by atoms with Crippen LogP contribution in [0.2, 0.25) is 0 Å². The smallest absolute Gasteiger partial charge is 0.244 e. The molecule has 0 atom stereocenters. The van der Waals surface area contributed by atoms with Gasteiger partial charge < -0.3 is 0 Å². The molecule has 1 N–H and O–H groups in total. The molecule has 1 aromatic carbocycles. The van der Waals surface area contributed by atoms with Crippen molar-refractivity contribution >= 4 is 23.0 Å². The molecule has 0 fully saturated rings. The number of carbonyl (C=O) groups is 1. The first-order valence-corrected chi connectivity index (χ1v) is 6.90. The number of nitrogens with zero attached hydrogens (tertiary/aromatic N) is 1. The molecule has 0 aliphatic rings. The maximum atomic E-state index is 11.7. The van der Waals surface area contributed by atoms with Crippen LogP contribution in [0.3, 0.4) is 0 Å². The topological polar surface area (TPSA) is 41.5 Å². The molecule has 3 nitrogen and oxygen atoms in total. The Bertz CT molecular complexity index is 587. The number of benzene rings is 1. The van der Waals surface area contributed by atoms with E-state index in [0.717, 1.165) is 16.2 Å². The average molecular weight is 272 g/mol. The van der Waals surface area contributed by atoms with Crippen LogP contribution < -0.4 is 5.43 Å². The maximum absolute atomic E-state index is 11.7. The van der Waals surface area contributed by atoms with Crippen LogP contribution in [0, 0.1) is 6.92 Å². The number of hydrazone groups is 1. The lowest BCUT2D eigenvalue weighted by atomic mass is 10.1. The Morgan fingerprint density at radius 1 is 1.21 bits per heavy atom. The van der Waals surface area contributed by atoms with Crippen LogP contribution >= 0.6 is 11.3 Å². The molecule has 2 rings (SSSR count). The van der Waals surface area contributed by atoms with Crippen molar-refractivity contribution in [1.82, 2.24) is 5.43 Å². The molecule has 0 aliphatic heterocycles. The van der Waals surface area contributed by atoms with Crippen molar-refractivity contribution in [3.63, 3.8) is 0 Å². The molecule has 0 saturated carbocycles. The van der Waals surface area contributed by atoms with E-state index in [4.69, 9.17) is 0 Å². The summed E-state index contributed by atoms with van der Waals surface area (Å²) in [6.45, 7) is 3.95. The second-order valence-electron chi connectivity index (χ2n) is 4.30. The van der Waals surface area contributed by atoms with Crippen LogP contribution in [-0.2, 0) is 11.2 Å². The van der Waals surface area contributed by atoms with E-state index in [1.807, 2.05) is 49.4 Å². The van der Waals surface area contributed by atoms with Crippen molar-refractivity contribution in [1.29, 1.82) is 0 Å². The summed E-state index contributed by atoms with van der Waals surface area (Å²) in [5, 5.41) is 4.13. The minimum atomic E-state index is -0.0983. The van der Waals surface area contributed by atoms with Crippen molar-refractivity contribution in [3.05, 3.63) is 57.8 Å². The third-order valence-corrected chi connectivity index (χ3v) is 3.76. The SMILES string of the molecule is C/C(=N/NC(=O)Cc1ccccc1)c1ccc(C)s1. The third kappa shape index (κ3) is 4.03. The van der Waals surface area contributed by atoms with E-state index in [2.05, 4.69) is 17.5 Å². The van der Waals surface area contributed by atoms with Gasteiger partial charge in [-0.05, 0) is 31.5 Å². The summed E-state index contributed by atoms with van der Waals surface area (Å²) >= 11 is 1.67. The van der Waals surface area contributed by atoms with E-state index >= 15 is 0 Å². The fraction of sp³-hybridized carbons (Fsp3) is 0.200. The number of thiophene rings is 1. The van der Waals surface area contributed by atoms with E-state index in [9.17, 15) is 4.79 Å². The van der Waals surface area contributed by atoms with Gasteiger partial charge in [0.05, 0.1) is 17.0 Å². The molecular formula is C15H16N2OS. The lowest BCUT2D eigenvalue weighted by molar-refractivity contribution is -0.120. The number of rotatable bonds is 4. The summed E-state index contributed by atoms with van der Waals surface area (Å²) in [6, 6.07) is 13.7. The fourth-order valence-electron chi connectivity index (χ4n) is 1.65. The molecule has 19 heavy (non-hydrogen) atoms. The molecule has 4 heteroatoms. The lowest BCUT2D eigenvalue weighted by Gasteiger charge is -2.01. The minimum absolute atomic E-state index is 0.0983. The predicted molar refractivity (Wildman–Crippen MR) is 79.6 cm³/mol. The van der Waals surface area contributed by atoms with E-state index in [0.29, 0.717) is 6.42 Å². The molecule has 2 aromatic rings. The molecular weight excluding hydrogens is 256 g/mol. The Morgan fingerprint density at radius 3 is 2.58 bits per heavy atom. The summed E-state index contributed by atoms with van der Waals surface area (Å²) < 4.78 is 0. The Balaban J connectivity index is 1.93. The zero-order chi connectivity index (χ0) is 13.7. The van der Waals surface area contributed by atoms with E-state index < -0.39 is 0 Å². The van der Waals surface area contributed by atoms with Gasteiger partial charge in [0.15, 0.2) is 0 Å². The molecule has 0 spiro atoms. The Morgan fingerprint density at radius 2 is 1.95 bits per heavy atom. The third-order valence-electron chi connectivity index (χ3n) is 2.65. The standard InChI is InChI=1S/C15H16N2OS/c1-11-8-9-14(19-11)12(2)16-17-15(18)10-13-6-4-3-5-7-13/h3-9H,10H2,1-2H3,(H,17,18)/b16-12-. The Hall–Kier alpha value is -1.94. The summed E-state index contributed by atoms with van der Waals surface area (Å²) in [6.07, 6.45) is 0.348. The Kier molecular flexibility index (Phi) is 4.47. The van der Waals surface area contributed by atoms with Crippen molar-refractivity contribution in [2.75, 3.05) is 0 Å². The lowest BCUT2D eigenvalue weighted by Crippen LogP contribution is -2.21. The molecule has 1 aromatic heterocycles. The van der Waals surface area contributed by atoms with Gasteiger partial charge in [-0.15, -0.1) is 11.3 Å². The van der Waals surface area contributed by atoms with Gasteiger partial charge in [0.25, 0.3) is 0 Å². The van der Waals surface area contributed by atoms with E-state index in [1.54, 1.807) is 11.3 Å². The first kappa shape index (κ1) is 13.5. The van der Waals surface area contributed by atoms with Gasteiger partial charge in [0.2, 0.25) is 5.91 Å². The highest BCUT2D eigenvalue weighted by Gasteiger charge is 2.04. The van der Waals surface area contributed by atoms with Gasteiger partial charge in [0, 0.05) is 4.88 Å². The summed E-state index contributed by atoms with van der Waals surface area (Å²) in [7, 11) is 0. The van der Waals surface area contributed by atoms with Crippen molar-refractivity contribution in [3.8, 4) is 0 Å². The largest absolute Gasteiger partial charge is 0.273 e.